The molecule has 0 bridgehead atoms. The van der Waals surface area contributed by atoms with Gasteiger partial charge in [0.05, 0.1) is 0 Å². The molecule has 0 spiro atoms. The summed E-state index contributed by atoms with van der Waals surface area (Å²) in [6.45, 7) is 3.47. The van der Waals surface area contributed by atoms with Gasteiger partial charge in [-0.1, -0.05) is 24.6 Å². The van der Waals surface area contributed by atoms with Crippen LogP contribution < -0.4 is 5.32 Å². The number of halogens is 1. The minimum atomic E-state index is -1.04. The van der Waals surface area contributed by atoms with Crippen LogP contribution >= 0.6 is 11.6 Å². The van der Waals surface area contributed by atoms with Gasteiger partial charge in [0, 0.05) is 10.6 Å². The van der Waals surface area contributed by atoms with E-state index in [0.29, 0.717) is 17.0 Å². The van der Waals surface area contributed by atoms with E-state index >= 15 is 0 Å². The third-order valence-electron chi connectivity index (χ3n) is 2.46. The Bertz CT molecular complexity index is 445. The second kappa shape index (κ2) is 5.68. The van der Waals surface area contributed by atoms with Crippen molar-refractivity contribution in [2.24, 2.45) is 0 Å². The van der Waals surface area contributed by atoms with Crippen LogP contribution in [0.25, 0.3) is 0 Å². The van der Waals surface area contributed by atoms with E-state index in [1.54, 1.807) is 26.0 Å². The number of hydrogen-bond donors (Lipinski definition) is 2. The third kappa shape index (κ3) is 3.46. The molecule has 0 heterocycles. The van der Waals surface area contributed by atoms with Crippen LogP contribution in [0.4, 0.5) is 0 Å². The summed E-state index contributed by atoms with van der Waals surface area (Å²) in [4.78, 5) is 22.7. The average Bonchev–Trinajstić information content (AvgIpc) is 2.28. The molecule has 92 valence electrons. The summed E-state index contributed by atoms with van der Waals surface area (Å²) in [5, 5.41) is 11.8. The van der Waals surface area contributed by atoms with E-state index in [4.69, 9.17) is 16.7 Å². The molecule has 0 aliphatic carbocycles. The summed E-state index contributed by atoms with van der Waals surface area (Å²) in [6.07, 6.45) is 0.334. The second-order valence-corrected chi connectivity index (χ2v) is 4.17. The molecule has 0 saturated heterocycles. The van der Waals surface area contributed by atoms with E-state index in [2.05, 4.69) is 5.32 Å². The minimum absolute atomic E-state index is 0.334. The largest absolute Gasteiger partial charge is 0.480 e. The van der Waals surface area contributed by atoms with Gasteiger partial charge in [-0.05, 0) is 31.0 Å². The molecule has 0 saturated carbocycles. The smallest absolute Gasteiger partial charge is 0.326 e. The summed E-state index contributed by atoms with van der Waals surface area (Å²) in [5.74, 6) is -1.46. The van der Waals surface area contributed by atoms with Gasteiger partial charge >= 0.3 is 5.97 Å². The van der Waals surface area contributed by atoms with E-state index in [-0.39, 0.29) is 0 Å². The molecule has 0 aliphatic rings. The molecule has 0 fully saturated rings. The molecule has 17 heavy (non-hydrogen) atoms. The molecule has 5 heteroatoms. The Kier molecular flexibility index (Phi) is 4.52. The number of hydrogen-bond acceptors (Lipinski definition) is 2. The van der Waals surface area contributed by atoms with Gasteiger partial charge in [0.1, 0.15) is 6.04 Å². The van der Waals surface area contributed by atoms with Gasteiger partial charge < -0.3 is 10.4 Å². The van der Waals surface area contributed by atoms with Crippen molar-refractivity contribution in [1.29, 1.82) is 0 Å². The molecule has 2 N–H and O–H groups in total. The van der Waals surface area contributed by atoms with Gasteiger partial charge in [-0.15, -0.1) is 0 Å². The molecule has 0 aromatic heterocycles. The Balaban J connectivity index is 2.89. The predicted octanol–water partition coefficient (Wildman–Crippen LogP) is 2.24. The third-order valence-corrected chi connectivity index (χ3v) is 2.69. The van der Waals surface area contributed by atoms with Gasteiger partial charge in [0.15, 0.2) is 0 Å². The van der Waals surface area contributed by atoms with Crippen molar-refractivity contribution in [1.82, 2.24) is 5.32 Å². The zero-order valence-electron chi connectivity index (χ0n) is 9.66. The molecule has 0 radical (unpaired) electrons. The first-order chi connectivity index (χ1) is 7.95. The SMILES string of the molecule is CC[C@@H](NC(=O)c1cc(Cl)ccc1C)C(=O)O. The van der Waals surface area contributed by atoms with Crippen LogP contribution in [0.2, 0.25) is 5.02 Å². The van der Waals surface area contributed by atoms with Crippen LogP contribution in [-0.2, 0) is 4.79 Å². The van der Waals surface area contributed by atoms with Crippen molar-refractivity contribution in [3.8, 4) is 0 Å². The molecular weight excluding hydrogens is 242 g/mol. The fraction of sp³-hybridized carbons (Fsp3) is 0.333. The Morgan fingerprint density at radius 3 is 2.65 bits per heavy atom. The van der Waals surface area contributed by atoms with Crippen molar-refractivity contribution >= 4 is 23.5 Å². The lowest BCUT2D eigenvalue weighted by Gasteiger charge is -2.13. The topological polar surface area (TPSA) is 66.4 Å². The first kappa shape index (κ1) is 13.5. The van der Waals surface area contributed by atoms with Crippen LogP contribution in [-0.4, -0.2) is 23.0 Å². The summed E-state index contributed by atoms with van der Waals surface area (Å²) >= 11 is 5.80. The lowest BCUT2D eigenvalue weighted by Crippen LogP contribution is -2.40. The Labute approximate surface area is 105 Å². The zero-order valence-corrected chi connectivity index (χ0v) is 10.4. The van der Waals surface area contributed by atoms with Crippen molar-refractivity contribution < 1.29 is 14.7 Å². The number of rotatable bonds is 4. The van der Waals surface area contributed by atoms with Crippen LogP contribution in [0.5, 0.6) is 0 Å². The Morgan fingerprint density at radius 2 is 2.12 bits per heavy atom. The second-order valence-electron chi connectivity index (χ2n) is 3.73. The van der Waals surface area contributed by atoms with Crippen LogP contribution in [0.15, 0.2) is 18.2 Å². The van der Waals surface area contributed by atoms with E-state index in [9.17, 15) is 9.59 Å². The van der Waals surface area contributed by atoms with Crippen molar-refractivity contribution in [2.45, 2.75) is 26.3 Å². The number of carbonyl (C=O) groups is 2. The minimum Gasteiger partial charge on any atom is -0.480 e. The quantitative estimate of drug-likeness (QED) is 0.867. The first-order valence-corrected chi connectivity index (χ1v) is 5.63. The number of nitrogens with one attached hydrogen (secondary N) is 1. The van der Waals surface area contributed by atoms with Crippen molar-refractivity contribution in [3.63, 3.8) is 0 Å². The highest BCUT2D eigenvalue weighted by Gasteiger charge is 2.19. The molecule has 1 aromatic carbocycles. The Hall–Kier alpha value is -1.55. The average molecular weight is 256 g/mol. The molecule has 0 aliphatic heterocycles. The predicted molar refractivity (Wildman–Crippen MR) is 65.4 cm³/mol. The molecule has 0 unspecified atom stereocenters. The highest BCUT2D eigenvalue weighted by Crippen LogP contribution is 2.15. The maximum atomic E-state index is 11.9. The summed E-state index contributed by atoms with van der Waals surface area (Å²) in [6, 6.07) is 4.06. The van der Waals surface area contributed by atoms with Crippen LogP contribution in [0.1, 0.15) is 29.3 Å². The summed E-state index contributed by atoms with van der Waals surface area (Å²) in [5.41, 5.74) is 1.16. The lowest BCUT2D eigenvalue weighted by molar-refractivity contribution is -0.139. The highest BCUT2D eigenvalue weighted by molar-refractivity contribution is 6.31. The number of amides is 1. The zero-order chi connectivity index (χ0) is 13.0. The lowest BCUT2D eigenvalue weighted by atomic mass is 10.1. The standard InChI is InChI=1S/C12H14ClNO3/c1-3-10(12(16)17)14-11(15)9-6-8(13)5-4-7(9)2/h4-6,10H,3H2,1-2H3,(H,14,15)(H,16,17)/t10-/m1/s1. The molecular formula is C12H14ClNO3. The van der Waals surface area contributed by atoms with E-state index in [1.807, 2.05) is 0 Å². The fourth-order valence-electron chi connectivity index (χ4n) is 1.41. The van der Waals surface area contributed by atoms with Gasteiger partial charge in [-0.2, -0.15) is 0 Å². The Morgan fingerprint density at radius 1 is 1.47 bits per heavy atom. The number of carbonyl (C=O) groups excluding carboxylic acids is 1. The van der Waals surface area contributed by atoms with Gasteiger partial charge in [-0.25, -0.2) is 4.79 Å². The van der Waals surface area contributed by atoms with Gasteiger partial charge in [-0.3, -0.25) is 4.79 Å². The van der Waals surface area contributed by atoms with E-state index < -0.39 is 17.9 Å². The number of aliphatic carboxylic acids is 1. The van der Waals surface area contributed by atoms with Crippen molar-refractivity contribution in [3.05, 3.63) is 34.3 Å². The molecule has 4 nitrogen and oxygen atoms in total. The van der Waals surface area contributed by atoms with Crippen LogP contribution in [0, 0.1) is 6.92 Å². The normalized spacial score (nSPS) is 11.9. The summed E-state index contributed by atoms with van der Waals surface area (Å²) in [7, 11) is 0. The fourth-order valence-corrected chi connectivity index (χ4v) is 1.59. The summed E-state index contributed by atoms with van der Waals surface area (Å²) < 4.78 is 0. The molecule has 1 atom stereocenters. The maximum Gasteiger partial charge on any atom is 0.326 e. The molecule has 1 amide bonds. The highest BCUT2D eigenvalue weighted by atomic mass is 35.5. The molecule has 1 rings (SSSR count). The maximum absolute atomic E-state index is 11.9. The van der Waals surface area contributed by atoms with Gasteiger partial charge in [0.2, 0.25) is 0 Å². The van der Waals surface area contributed by atoms with E-state index in [0.717, 1.165) is 5.56 Å². The number of carboxylic acids is 1. The number of benzene rings is 1. The molecule has 1 aromatic rings. The first-order valence-electron chi connectivity index (χ1n) is 5.25. The van der Waals surface area contributed by atoms with Gasteiger partial charge in [0.25, 0.3) is 5.91 Å². The van der Waals surface area contributed by atoms with Crippen molar-refractivity contribution in [2.75, 3.05) is 0 Å². The monoisotopic (exact) mass is 255 g/mol. The van der Waals surface area contributed by atoms with Crippen LogP contribution in [0.3, 0.4) is 0 Å². The number of carboxylic acid groups (broad SMARTS) is 1. The number of aryl methyl sites for hydroxylation is 1. The van der Waals surface area contributed by atoms with E-state index in [1.165, 1.54) is 6.07 Å².